The summed E-state index contributed by atoms with van der Waals surface area (Å²) in [5.74, 6) is -0.330. The first kappa shape index (κ1) is 20.0. The topological polar surface area (TPSA) is 58.9 Å². The van der Waals surface area contributed by atoms with E-state index in [2.05, 4.69) is 15.7 Å². The van der Waals surface area contributed by atoms with Crippen LogP contribution < -0.4 is 10.6 Å². The minimum Gasteiger partial charge on any atom is -0.352 e. The van der Waals surface area contributed by atoms with Crippen molar-refractivity contribution in [3.8, 4) is 5.69 Å². The van der Waals surface area contributed by atoms with Crippen LogP contribution in [0.1, 0.15) is 22.5 Å². The van der Waals surface area contributed by atoms with Gasteiger partial charge in [0.1, 0.15) is 5.69 Å². The lowest BCUT2D eigenvalue weighted by molar-refractivity contribution is -0.142. The van der Waals surface area contributed by atoms with Gasteiger partial charge >= 0.3 is 6.18 Å². The maximum atomic E-state index is 12.9. The van der Waals surface area contributed by atoms with Crippen LogP contribution in [0.3, 0.4) is 0 Å². The molecule has 0 aliphatic carbocycles. The van der Waals surface area contributed by atoms with E-state index in [0.29, 0.717) is 6.54 Å². The molecule has 1 aromatic carbocycles. The van der Waals surface area contributed by atoms with Crippen molar-refractivity contribution >= 4 is 18.3 Å². The van der Waals surface area contributed by atoms with Gasteiger partial charge in [0.05, 0.1) is 11.9 Å². The fraction of sp³-hybridized carbons (Fsp3) is 0.333. The number of nitrogens with one attached hydrogen (secondary N) is 2. The third-order valence-electron chi connectivity index (χ3n) is 3.18. The zero-order valence-electron chi connectivity index (χ0n) is 12.9. The number of hydrogen-bond donors (Lipinski definition) is 2. The van der Waals surface area contributed by atoms with Crippen molar-refractivity contribution < 1.29 is 18.0 Å². The first-order valence-corrected chi connectivity index (χ1v) is 7.08. The van der Waals surface area contributed by atoms with E-state index in [1.165, 1.54) is 18.2 Å². The van der Waals surface area contributed by atoms with Crippen LogP contribution in [-0.4, -0.2) is 35.8 Å². The zero-order chi connectivity index (χ0) is 16.9. The molecule has 0 atom stereocenters. The number of carbonyl (C=O) groups excluding carboxylic acids is 1. The Morgan fingerprint density at radius 2 is 2.00 bits per heavy atom. The molecule has 1 amide bonds. The van der Waals surface area contributed by atoms with Crippen molar-refractivity contribution in [3.63, 3.8) is 0 Å². The highest BCUT2D eigenvalue weighted by Crippen LogP contribution is 2.30. The summed E-state index contributed by atoms with van der Waals surface area (Å²) in [5.41, 5.74) is -0.412. The molecule has 5 nitrogen and oxygen atoms in total. The smallest absolute Gasteiger partial charge is 0.352 e. The number of rotatable bonds is 6. The van der Waals surface area contributed by atoms with Gasteiger partial charge in [0.15, 0.2) is 0 Å². The molecule has 0 radical (unpaired) electrons. The van der Waals surface area contributed by atoms with Crippen LogP contribution >= 0.6 is 12.4 Å². The summed E-state index contributed by atoms with van der Waals surface area (Å²) in [6.07, 6.45) is -2.67. The van der Waals surface area contributed by atoms with E-state index in [9.17, 15) is 18.0 Å². The number of benzene rings is 1. The van der Waals surface area contributed by atoms with E-state index in [1.807, 2.05) is 7.05 Å². The molecule has 24 heavy (non-hydrogen) atoms. The van der Waals surface area contributed by atoms with Gasteiger partial charge in [-0.15, -0.1) is 12.4 Å². The summed E-state index contributed by atoms with van der Waals surface area (Å²) in [5, 5.41) is 9.38. The Balaban J connectivity index is 0.00000288. The molecule has 9 heteroatoms. The van der Waals surface area contributed by atoms with E-state index in [-0.39, 0.29) is 29.6 Å². The molecule has 0 unspecified atom stereocenters. The van der Waals surface area contributed by atoms with Crippen molar-refractivity contribution in [3.05, 3.63) is 47.8 Å². The van der Waals surface area contributed by atoms with E-state index < -0.39 is 11.9 Å². The molecule has 0 aliphatic rings. The van der Waals surface area contributed by atoms with Gasteiger partial charge in [0.25, 0.3) is 5.91 Å². The van der Waals surface area contributed by atoms with Gasteiger partial charge in [-0.05, 0) is 44.3 Å². The Morgan fingerprint density at radius 1 is 1.25 bits per heavy atom. The average Bonchev–Trinajstić information content (AvgIpc) is 3.01. The Hall–Kier alpha value is -2.06. The van der Waals surface area contributed by atoms with Crippen molar-refractivity contribution in [1.82, 2.24) is 20.4 Å². The number of carbonyl (C=O) groups is 1. The first-order chi connectivity index (χ1) is 10.9. The van der Waals surface area contributed by atoms with E-state index >= 15 is 0 Å². The van der Waals surface area contributed by atoms with Crippen molar-refractivity contribution in [2.75, 3.05) is 20.1 Å². The van der Waals surface area contributed by atoms with Gasteiger partial charge in [-0.1, -0.05) is 6.07 Å². The summed E-state index contributed by atoms with van der Waals surface area (Å²) in [7, 11) is 1.81. The summed E-state index contributed by atoms with van der Waals surface area (Å²) < 4.78 is 39.5. The van der Waals surface area contributed by atoms with Crippen LogP contribution in [0.25, 0.3) is 5.69 Å². The number of amides is 1. The molecule has 1 aromatic heterocycles. The third-order valence-corrected chi connectivity index (χ3v) is 3.18. The molecule has 0 spiro atoms. The second-order valence-corrected chi connectivity index (χ2v) is 4.89. The predicted octanol–water partition coefficient (Wildman–Crippen LogP) is 2.65. The summed E-state index contributed by atoms with van der Waals surface area (Å²) in [6, 6.07) is 6.83. The molecule has 0 fully saturated rings. The van der Waals surface area contributed by atoms with Gasteiger partial charge in [-0.3, -0.25) is 4.79 Å². The number of alkyl halides is 3. The van der Waals surface area contributed by atoms with Crippen molar-refractivity contribution in [1.29, 1.82) is 0 Å². The fourth-order valence-electron chi connectivity index (χ4n) is 2.07. The summed E-state index contributed by atoms with van der Waals surface area (Å²) >= 11 is 0. The van der Waals surface area contributed by atoms with E-state index in [4.69, 9.17) is 0 Å². The van der Waals surface area contributed by atoms with Crippen LogP contribution in [0.15, 0.2) is 36.5 Å². The van der Waals surface area contributed by atoms with Crippen LogP contribution in [0.4, 0.5) is 13.2 Å². The minimum absolute atomic E-state index is 0. The van der Waals surface area contributed by atoms with Crippen molar-refractivity contribution in [2.24, 2.45) is 0 Å². The third kappa shape index (κ3) is 4.97. The Morgan fingerprint density at radius 3 is 2.67 bits per heavy atom. The standard InChI is InChI=1S/C15H17F3N4O.ClH/c1-19-7-3-8-20-14(23)11-4-2-5-12(10-11)22-13(6-9-21-22)15(16,17)18;/h2,4-6,9-10,19H,3,7-8H2,1H3,(H,20,23);1H. The SMILES string of the molecule is CNCCCNC(=O)c1cccc(-n2nccc2C(F)(F)F)c1.Cl. The molecule has 0 saturated carbocycles. The zero-order valence-corrected chi connectivity index (χ0v) is 13.7. The first-order valence-electron chi connectivity index (χ1n) is 7.08. The summed E-state index contributed by atoms with van der Waals surface area (Å²) in [4.78, 5) is 12.0. The predicted molar refractivity (Wildman–Crippen MR) is 86.7 cm³/mol. The molecule has 0 aliphatic heterocycles. The highest BCUT2D eigenvalue weighted by atomic mass is 35.5. The maximum absolute atomic E-state index is 12.9. The van der Waals surface area contributed by atoms with Crippen molar-refractivity contribution in [2.45, 2.75) is 12.6 Å². The molecule has 0 saturated heterocycles. The molecule has 132 valence electrons. The molecule has 0 bridgehead atoms. The average molecular weight is 363 g/mol. The van der Waals surface area contributed by atoms with Gasteiger partial charge in [-0.2, -0.15) is 18.3 Å². The summed E-state index contributed by atoms with van der Waals surface area (Å²) in [6.45, 7) is 1.25. The lowest BCUT2D eigenvalue weighted by Crippen LogP contribution is -2.26. The lowest BCUT2D eigenvalue weighted by Gasteiger charge is -2.11. The second kappa shape index (κ2) is 8.70. The highest BCUT2D eigenvalue weighted by molar-refractivity contribution is 5.94. The number of hydrogen-bond acceptors (Lipinski definition) is 3. The Kier molecular flexibility index (Phi) is 7.24. The van der Waals surface area contributed by atoms with Crippen LogP contribution in [0.5, 0.6) is 0 Å². The molecular formula is C15H18ClF3N4O. The molecule has 2 aromatic rings. The maximum Gasteiger partial charge on any atom is 0.433 e. The van der Waals surface area contributed by atoms with Gasteiger partial charge in [0, 0.05) is 12.1 Å². The lowest BCUT2D eigenvalue weighted by atomic mass is 10.2. The normalized spacial score (nSPS) is 11.0. The monoisotopic (exact) mass is 362 g/mol. The number of aromatic nitrogens is 2. The molecule has 2 rings (SSSR count). The van der Waals surface area contributed by atoms with Gasteiger partial charge in [-0.25, -0.2) is 4.68 Å². The Bertz CT molecular complexity index is 673. The van der Waals surface area contributed by atoms with E-state index in [1.54, 1.807) is 6.07 Å². The fourth-order valence-corrected chi connectivity index (χ4v) is 2.07. The molecular weight excluding hydrogens is 345 g/mol. The second-order valence-electron chi connectivity index (χ2n) is 4.89. The number of halogens is 4. The Labute approximate surface area is 143 Å². The van der Waals surface area contributed by atoms with Crippen LogP contribution in [-0.2, 0) is 6.18 Å². The van der Waals surface area contributed by atoms with Gasteiger partial charge in [0.2, 0.25) is 0 Å². The van der Waals surface area contributed by atoms with E-state index in [0.717, 1.165) is 29.9 Å². The molecule has 2 N–H and O–H groups in total. The largest absolute Gasteiger partial charge is 0.433 e. The van der Waals surface area contributed by atoms with Crippen LogP contribution in [0.2, 0.25) is 0 Å². The van der Waals surface area contributed by atoms with Crippen LogP contribution in [0, 0.1) is 0 Å². The number of nitrogens with zero attached hydrogens (tertiary/aromatic N) is 2. The molecule has 1 heterocycles. The van der Waals surface area contributed by atoms with Gasteiger partial charge < -0.3 is 10.6 Å². The quantitative estimate of drug-likeness (QED) is 0.777. The minimum atomic E-state index is -4.51. The highest BCUT2D eigenvalue weighted by Gasteiger charge is 2.35.